The van der Waals surface area contributed by atoms with Crippen molar-refractivity contribution in [1.29, 1.82) is 0 Å². The summed E-state index contributed by atoms with van der Waals surface area (Å²) in [6.45, 7) is 13.8. The van der Waals surface area contributed by atoms with Gasteiger partial charge in [0.2, 0.25) is 0 Å². The van der Waals surface area contributed by atoms with Crippen LogP contribution in [0.3, 0.4) is 0 Å². The quantitative estimate of drug-likeness (QED) is 0.127. The number of carbonyl (C=O) groups excluding carboxylic acids is 4. The smallest absolute Gasteiger partial charge is 0.313 e. The number of piperidine rings is 4. The van der Waals surface area contributed by atoms with Crippen molar-refractivity contribution < 1.29 is 19.2 Å². The number of anilines is 4. The van der Waals surface area contributed by atoms with E-state index < -0.39 is 23.6 Å². The van der Waals surface area contributed by atoms with Gasteiger partial charge in [0.05, 0.1) is 35.9 Å². The highest BCUT2D eigenvalue weighted by molar-refractivity contribution is 6.40. The number of nitrogens with zero attached hydrogens (tertiary/aromatic N) is 6. The maximum atomic E-state index is 13.3. The molecule has 364 valence electrons. The van der Waals surface area contributed by atoms with Gasteiger partial charge in [-0.1, -0.05) is 76.2 Å². The number of rotatable bonds is 8. The molecule has 2 aromatic carbocycles. The largest absolute Gasteiger partial charge is 0.383 e. The Morgan fingerprint density at radius 3 is 1.29 bits per heavy atom. The van der Waals surface area contributed by atoms with Crippen molar-refractivity contribution in [2.45, 2.75) is 116 Å². The molecule has 68 heavy (non-hydrogen) atoms. The van der Waals surface area contributed by atoms with Crippen molar-refractivity contribution in [2.24, 2.45) is 11.8 Å². The average molecular weight is 927 g/mol. The normalized spacial score (nSPS) is 21.9. The lowest BCUT2D eigenvalue weighted by Gasteiger charge is -2.39. The van der Waals surface area contributed by atoms with Gasteiger partial charge in [-0.2, -0.15) is 0 Å². The minimum atomic E-state index is -0.626. The van der Waals surface area contributed by atoms with Crippen LogP contribution in [0.2, 0.25) is 0 Å². The second-order valence-electron chi connectivity index (χ2n) is 20.0. The van der Waals surface area contributed by atoms with E-state index in [0.717, 1.165) is 99.8 Å². The van der Waals surface area contributed by atoms with Crippen molar-refractivity contribution in [3.05, 3.63) is 106 Å². The summed E-state index contributed by atoms with van der Waals surface area (Å²) in [5, 5.41) is 5.48. The van der Waals surface area contributed by atoms with E-state index in [1.807, 2.05) is 13.8 Å². The third-order valence-corrected chi connectivity index (χ3v) is 14.8. The zero-order valence-electron chi connectivity index (χ0n) is 41.2. The standard InChI is InChI=1S/2C27H37N5O2/c2*1-4-19-15-23(16-29-25(19)28)30-26(33)27(34)32-17-18(2)8-9-24(32)22-7-5-6-21(14-22)20-10-12-31(3)13-11-20/h2*5-7,14-16,18,20,24H,4,8-13,17H2,1-3H3,(H2,28,29)(H,30,33)/t2*18-,24+/m00/s1. The number of hydrogen-bond acceptors (Lipinski definition) is 10. The summed E-state index contributed by atoms with van der Waals surface area (Å²) in [5.41, 5.74) is 19.4. The Balaban J connectivity index is 0.000000201. The minimum absolute atomic E-state index is 0.0867. The molecule has 8 rings (SSSR count). The van der Waals surface area contributed by atoms with Gasteiger partial charge in [0, 0.05) is 13.1 Å². The predicted molar refractivity (Wildman–Crippen MR) is 271 cm³/mol. The first-order chi connectivity index (χ1) is 32.7. The van der Waals surface area contributed by atoms with Crippen LogP contribution < -0.4 is 22.1 Å². The highest BCUT2D eigenvalue weighted by atomic mass is 16.2. The van der Waals surface area contributed by atoms with Crippen LogP contribution in [-0.2, 0) is 32.0 Å². The molecule has 4 atom stereocenters. The molecule has 4 aromatic rings. The molecule has 2 aromatic heterocycles. The Morgan fingerprint density at radius 2 is 0.926 bits per heavy atom. The fraction of sp³-hybridized carbons (Fsp3) is 0.519. The first-order valence-corrected chi connectivity index (χ1v) is 25.0. The lowest BCUT2D eigenvalue weighted by molar-refractivity contribution is -0.146. The van der Waals surface area contributed by atoms with Gasteiger partial charge in [0.25, 0.3) is 0 Å². The van der Waals surface area contributed by atoms with E-state index in [2.05, 4.69) is 107 Å². The van der Waals surface area contributed by atoms with E-state index in [1.165, 1.54) is 23.5 Å². The minimum Gasteiger partial charge on any atom is -0.383 e. The number of aromatic nitrogens is 2. The number of nitrogens with one attached hydrogen (secondary N) is 2. The molecule has 4 saturated heterocycles. The van der Waals surface area contributed by atoms with Gasteiger partial charge in [-0.25, -0.2) is 9.97 Å². The summed E-state index contributed by atoms with van der Waals surface area (Å²) in [6, 6.07) is 20.8. The summed E-state index contributed by atoms with van der Waals surface area (Å²) in [5.74, 6) is 0.479. The summed E-state index contributed by atoms with van der Waals surface area (Å²) in [4.78, 5) is 69.2. The van der Waals surface area contributed by atoms with Crippen molar-refractivity contribution >= 4 is 46.6 Å². The topological polar surface area (TPSA) is 183 Å². The number of nitrogens with two attached hydrogens (primary N) is 2. The summed E-state index contributed by atoms with van der Waals surface area (Å²) >= 11 is 0. The summed E-state index contributed by atoms with van der Waals surface area (Å²) in [6.07, 6.45) is 12.8. The Kier molecular flexibility index (Phi) is 16.9. The maximum Gasteiger partial charge on any atom is 0.313 e. The number of aryl methyl sites for hydroxylation is 2. The van der Waals surface area contributed by atoms with E-state index in [0.29, 0.717) is 72.6 Å². The van der Waals surface area contributed by atoms with E-state index in [4.69, 9.17) is 11.5 Å². The molecule has 4 aliphatic rings. The van der Waals surface area contributed by atoms with Crippen molar-refractivity contribution in [3.8, 4) is 0 Å². The lowest BCUT2D eigenvalue weighted by Crippen LogP contribution is -2.46. The number of benzene rings is 2. The van der Waals surface area contributed by atoms with Gasteiger partial charge in [-0.15, -0.1) is 0 Å². The van der Waals surface area contributed by atoms with E-state index in [9.17, 15) is 19.2 Å². The highest BCUT2D eigenvalue weighted by Gasteiger charge is 2.36. The Bertz CT molecular complexity index is 2230. The Labute approximate surface area is 403 Å². The van der Waals surface area contributed by atoms with Crippen LogP contribution in [-0.4, -0.2) is 107 Å². The SMILES string of the molecule is CCc1cc(NC(=O)C(=O)N2C[C@@H](C)CC[C@@H]2c2cccc(C3CCN(C)CC3)c2)cnc1N.CCc1cc(NC(=O)C(=O)N2C[C@@H](C)CC[C@@H]2c2cccc(C3CCN(C)CC3)c2)cnc1N. The fourth-order valence-electron chi connectivity index (χ4n) is 10.5. The van der Waals surface area contributed by atoms with E-state index in [-0.39, 0.29) is 12.1 Å². The molecule has 4 fully saturated rings. The fourth-order valence-corrected chi connectivity index (χ4v) is 10.5. The van der Waals surface area contributed by atoms with Crippen LogP contribution in [0.15, 0.2) is 73.1 Å². The van der Waals surface area contributed by atoms with Gasteiger partial charge in [-0.05, 0) is 174 Å². The molecule has 0 aliphatic carbocycles. The number of carbonyl (C=O) groups is 4. The molecule has 0 radical (unpaired) electrons. The molecule has 14 heteroatoms. The van der Waals surface area contributed by atoms with E-state index >= 15 is 0 Å². The van der Waals surface area contributed by atoms with Crippen LogP contribution >= 0.6 is 0 Å². The lowest BCUT2D eigenvalue weighted by atomic mass is 9.85. The van der Waals surface area contributed by atoms with Gasteiger partial charge in [0.1, 0.15) is 11.6 Å². The molecular formula is C54H74N10O4. The monoisotopic (exact) mass is 927 g/mol. The summed E-state index contributed by atoms with van der Waals surface area (Å²) < 4.78 is 0. The molecule has 0 bridgehead atoms. The highest BCUT2D eigenvalue weighted by Crippen LogP contribution is 2.38. The third-order valence-electron chi connectivity index (χ3n) is 14.8. The van der Waals surface area contributed by atoms with Crippen molar-refractivity contribution in [1.82, 2.24) is 29.6 Å². The Morgan fingerprint density at radius 1 is 0.559 bits per heavy atom. The first-order valence-electron chi connectivity index (χ1n) is 25.0. The Hall–Kier alpha value is -5.86. The summed E-state index contributed by atoms with van der Waals surface area (Å²) in [7, 11) is 4.35. The number of nitrogen functional groups attached to an aromatic ring is 2. The van der Waals surface area contributed by atoms with Crippen molar-refractivity contribution in [2.75, 3.05) is 75.5 Å². The maximum absolute atomic E-state index is 13.3. The zero-order chi connectivity index (χ0) is 48.5. The molecule has 14 nitrogen and oxygen atoms in total. The van der Waals surface area contributed by atoms with Gasteiger partial charge < -0.3 is 41.7 Å². The number of pyridine rings is 2. The van der Waals surface area contributed by atoms with Gasteiger partial charge in [-0.3, -0.25) is 19.2 Å². The number of amides is 4. The molecule has 4 aliphatic heterocycles. The second kappa shape index (κ2) is 23.0. The van der Waals surface area contributed by atoms with Crippen LogP contribution in [0.5, 0.6) is 0 Å². The number of hydrogen-bond donors (Lipinski definition) is 4. The van der Waals surface area contributed by atoms with Crippen molar-refractivity contribution in [3.63, 3.8) is 0 Å². The number of likely N-dealkylation sites (tertiary alicyclic amines) is 4. The molecule has 0 spiro atoms. The van der Waals surface area contributed by atoms with E-state index in [1.54, 1.807) is 21.9 Å². The van der Waals surface area contributed by atoms with Gasteiger partial charge in [0.15, 0.2) is 0 Å². The first kappa shape index (κ1) is 50.0. The molecule has 6 heterocycles. The predicted octanol–water partition coefficient (Wildman–Crippen LogP) is 7.95. The second-order valence-corrected chi connectivity index (χ2v) is 20.0. The van der Waals surface area contributed by atoms with Crippen LogP contribution in [0.4, 0.5) is 23.0 Å². The average Bonchev–Trinajstić information content (AvgIpc) is 3.35. The zero-order valence-corrected chi connectivity index (χ0v) is 41.2. The molecule has 4 amide bonds. The van der Waals surface area contributed by atoms with Crippen LogP contribution in [0.1, 0.15) is 136 Å². The third kappa shape index (κ3) is 12.4. The molecular weight excluding hydrogens is 853 g/mol. The molecule has 6 N–H and O–H groups in total. The van der Waals surface area contributed by atoms with Gasteiger partial charge >= 0.3 is 23.6 Å². The van der Waals surface area contributed by atoms with Crippen LogP contribution in [0, 0.1) is 11.8 Å². The molecule has 0 unspecified atom stereocenters. The molecule has 0 saturated carbocycles. The van der Waals surface area contributed by atoms with Crippen LogP contribution in [0.25, 0.3) is 0 Å².